The second kappa shape index (κ2) is 5.51. The number of halogens is 1. The van der Waals surface area contributed by atoms with Crippen LogP contribution in [0.5, 0.6) is 0 Å². The number of nitrogen functional groups attached to an aromatic ring is 1. The molecule has 0 aromatic carbocycles. The predicted molar refractivity (Wildman–Crippen MR) is 86.1 cm³/mol. The molecule has 6 heteroatoms. The molecule has 0 bridgehead atoms. The van der Waals surface area contributed by atoms with Crippen LogP contribution in [-0.4, -0.2) is 22.3 Å². The van der Waals surface area contributed by atoms with Crippen LogP contribution in [0, 0.1) is 6.92 Å². The summed E-state index contributed by atoms with van der Waals surface area (Å²) in [7, 11) is -1.39. The van der Waals surface area contributed by atoms with E-state index in [9.17, 15) is 0 Å². The van der Waals surface area contributed by atoms with Crippen molar-refractivity contribution in [2.24, 2.45) is 0 Å². The molecule has 0 unspecified atom stereocenters. The highest BCUT2D eigenvalue weighted by Gasteiger charge is 2.32. The van der Waals surface area contributed by atoms with Crippen molar-refractivity contribution in [2.75, 3.05) is 5.73 Å². The van der Waals surface area contributed by atoms with Gasteiger partial charge < -0.3 is 10.7 Å². The van der Waals surface area contributed by atoms with Gasteiger partial charge in [-0.15, -0.1) is 0 Å². The molecule has 0 saturated heterocycles. The van der Waals surface area contributed by atoms with E-state index in [-0.39, 0.29) is 0 Å². The van der Waals surface area contributed by atoms with Crippen LogP contribution in [0.15, 0.2) is 12.5 Å². The van der Waals surface area contributed by atoms with Gasteiger partial charge in [0.25, 0.3) is 0 Å². The Balaban J connectivity index is 0.000000203. The zero-order valence-electron chi connectivity index (χ0n) is 12.5. The molecule has 0 radical (unpaired) electrons. The number of anilines is 1. The molecule has 106 valence electrons. The minimum Gasteiger partial charge on any atom is -0.383 e. The van der Waals surface area contributed by atoms with Gasteiger partial charge in [0.2, 0.25) is 0 Å². The third kappa shape index (κ3) is 3.94. The molecule has 0 amide bonds. The Labute approximate surface area is 120 Å². The highest BCUT2D eigenvalue weighted by molar-refractivity contribution is 7.20. The van der Waals surface area contributed by atoms with Crippen LogP contribution in [-0.2, 0) is 0 Å². The van der Waals surface area contributed by atoms with E-state index in [2.05, 4.69) is 48.8 Å². The van der Waals surface area contributed by atoms with Gasteiger partial charge in [0.05, 0.1) is 5.39 Å². The van der Waals surface area contributed by atoms with Crippen LogP contribution in [0.3, 0.4) is 0 Å². The van der Waals surface area contributed by atoms with Crippen LogP contribution >= 0.6 is 11.1 Å². The monoisotopic (exact) mass is 298 g/mol. The average molecular weight is 299 g/mol. The fourth-order valence-corrected chi connectivity index (χ4v) is 1.15. The van der Waals surface area contributed by atoms with Crippen molar-refractivity contribution < 1.29 is 0 Å². The number of aromatic nitrogens is 3. The normalized spacial score (nSPS) is 12.2. The number of fused-ring (bicyclic) bond motifs is 1. The molecule has 0 aliphatic carbocycles. The first-order valence-electron chi connectivity index (χ1n) is 6.27. The van der Waals surface area contributed by atoms with E-state index in [4.69, 9.17) is 16.8 Å². The Hall–Kier alpha value is -1.07. The minimum absolute atomic E-state index is 0.342. The largest absolute Gasteiger partial charge is 0.383 e. The average Bonchev–Trinajstić information content (AvgIpc) is 2.60. The number of hydrogen-bond acceptors (Lipinski definition) is 3. The van der Waals surface area contributed by atoms with Crippen molar-refractivity contribution in [3.05, 3.63) is 18.1 Å². The van der Waals surface area contributed by atoms with Crippen molar-refractivity contribution in [3.63, 3.8) is 0 Å². The van der Waals surface area contributed by atoms with Gasteiger partial charge >= 0.3 is 0 Å². The number of nitrogens with two attached hydrogens (primary N) is 1. The van der Waals surface area contributed by atoms with Crippen molar-refractivity contribution in [3.8, 4) is 0 Å². The summed E-state index contributed by atoms with van der Waals surface area (Å²) in [5.74, 6) is 0.536. The first-order chi connectivity index (χ1) is 8.54. The van der Waals surface area contributed by atoms with E-state index in [0.717, 1.165) is 16.6 Å². The molecule has 4 nitrogen and oxygen atoms in total. The molecule has 0 aliphatic heterocycles. The molecule has 0 spiro atoms. The highest BCUT2D eigenvalue weighted by Crippen LogP contribution is 2.38. The maximum absolute atomic E-state index is 6.15. The van der Waals surface area contributed by atoms with Gasteiger partial charge in [-0.2, -0.15) is 11.1 Å². The molecule has 0 saturated carbocycles. The maximum atomic E-state index is 6.15. The molecule has 3 N–H and O–H groups in total. The van der Waals surface area contributed by atoms with Crippen LogP contribution in [0.1, 0.15) is 26.3 Å². The lowest BCUT2D eigenvalue weighted by Crippen LogP contribution is -2.29. The van der Waals surface area contributed by atoms with Crippen LogP contribution in [0.25, 0.3) is 11.0 Å². The Bertz CT molecular complexity index is 540. The third-order valence-corrected chi connectivity index (χ3v) is 8.75. The van der Waals surface area contributed by atoms with E-state index in [1.807, 2.05) is 13.1 Å². The summed E-state index contributed by atoms with van der Waals surface area (Å²) in [5.41, 5.74) is 7.51. The Morgan fingerprint density at radius 1 is 1.26 bits per heavy atom. The first-order valence-corrected chi connectivity index (χ1v) is 10.3. The van der Waals surface area contributed by atoms with E-state index >= 15 is 0 Å². The van der Waals surface area contributed by atoms with Gasteiger partial charge in [0.1, 0.15) is 17.8 Å². The van der Waals surface area contributed by atoms with Gasteiger partial charge in [0, 0.05) is 6.20 Å². The summed E-state index contributed by atoms with van der Waals surface area (Å²) in [6.07, 6.45) is 3.32. The van der Waals surface area contributed by atoms with E-state index in [1.54, 1.807) is 0 Å². The molecule has 0 fully saturated rings. The summed E-state index contributed by atoms with van der Waals surface area (Å²) >= 11 is 6.15. The number of aromatic amines is 1. The number of hydrogen-bond donors (Lipinski definition) is 2. The van der Waals surface area contributed by atoms with Crippen LogP contribution in [0.4, 0.5) is 5.82 Å². The Morgan fingerprint density at radius 2 is 1.79 bits per heavy atom. The molecule has 2 aromatic rings. The molecular weight excluding hydrogens is 276 g/mol. The number of aryl methyl sites for hydroxylation is 1. The summed E-state index contributed by atoms with van der Waals surface area (Å²) in [6.45, 7) is 12.9. The lowest BCUT2D eigenvalue weighted by Gasteiger charge is -2.29. The van der Waals surface area contributed by atoms with E-state index in [1.165, 1.54) is 6.33 Å². The zero-order valence-corrected chi connectivity index (χ0v) is 14.3. The summed E-state index contributed by atoms with van der Waals surface area (Å²) < 4.78 is 0. The number of rotatable bonds is 0. The van der Waals surface area contributed by atoms with Gasteiger partial charge in [-0.25, -0.2) is 9.97 Å². The quantitative estimate of drug-likeness (QED) is 0.569. The predicted octanol–water partition coefficient (Wildman–Crippen LogP) is 4.08. The fourth-order valence-electron chi connectivity index (χ4n) is 1.15. The first kappa shape index (κ1) is 16.0. The lowest BCUT2D eigenvalue weighted by atomic mass is 10.2. The number of nitrogens with zero attached hydrogens (tertiary/aromatic N) is 2. The van der Waals surface area contributed by atoms with Crippen molar-refractivity contribution in [2.45, 2.75) is 45.8 Å². The topological polar surface area (TPSA) is 67.6 Å². The summed E-state index contributed by atoms with van der Waals surface area (Å²) in [5, 5.41) is 1.27. The summed E-state index contributed by atoms with van der Waals surface area (Å²) in [6, 6.07) is 0. The standard InChI is InChI=1S/C7H8N4.C6H15ClSi/c1-4-2-9-7-5(4)6(8)10-3-11-7;1-6(2,3)8(4,5)7/h2-3H,1H3,(H3,8,9,10,11);1-5H3. The Morgan fingerprint density at radius 3 is 2.21 bits per heavy atom. The number of nitrogens with one attached hydrogen (secondary N) is 1. The highest BCUT2D eigenvalue weighted by atomic mass is 35.6. The molecular formula is C13H23ClN4Si. The van der Waals surface area contributed by atoms with Crippen LogP contribution in [0.2, 0.25) is 18.1 Å². The van der Waals surface area contributed by atoms with Gasteiger partial charge in [0.15, 0.2) is 7.38 Å². The zero-order chi connectivity index (χ0) is 14.8. The fraction of sp³-hybridized carbons (Fsp3) is 0.538. The molecule has 0 aliphatic rings. The van der Waals surface area contributed by atoms with Crippen molar-refractivity contribution in [1.29, 1.82) is 0 Å². The Kier molecular flexibility index (Phi) is 4.63. The van der Waals surface area contributed by atoms with E-state index < -0.39 is 7.38 Å². The molecule has 2 aromatic heterocycles. The van der Waals surface area contributed by atoms with Gasteiger partial charge in [-0.3, -0.25) is 0 Å². The van der Waals surface area contributed by atoms with E-state index in [0.29, 0.717) is 10.9 Å². The molecule has 0 atom stereocenters. The van der Waals surface area contributed by atoms with Gasteiger partial charge in [-0.1, -0.05) is 33.9 Å². The second-order valence-electron chi connectivity index (χ2n) is 6.18. The van der Waals surface area contributed by atoms with Crippen molar-refractivity contribution >= 4 is 35.3 Å². The maximum Gasteiger partial charge on any atom is 0.155 e. The smallest absolute Gasteiger partial charge is 0.155 e. The molecule has 2 heterocycles. The SMILES string of the molecule is CC(C)(C)[Si](C)(C)Cl.Cc1c[nH]c2ncnc(N)c12. The van der Waals surface area contributed by atoms with Gasteiger partial charge in [-0.05, 0) is 17.5 Å². The van der Waals surface area contributed by atoms with Crippen molar-refractivity contribution in [1.82, 2.24) is 15.0 Å². The van der Waals surface area contributed by atoms with Crippen LogP contribution < -0.4 is 5.73 Å². The molecule has 19 heavy (non-hydrogen) atoms. The molecule has 2 rings (SSSR count). The number of H-pyrrole nitrogens is 1. The lowest BCUT2D eigenvalue weighted by molar-refractivity contribution is 0.735. The second-order valence-corrected chi connectivity index (χ2v) is 13.5. The third-order valence-electron chi connectivity index (χ3n) is 3.48. The summed E-state index contributed by atoms with van der Waals surface area (Å²) in [4.78, 5) is 10.9. The minimum atomic E-state index is -1.39.